The third-order valence-electron chi connectivity index (χ3n) is 2.27. The van der Waals surface area contributed by atoms with Gasteiger partial charge in [0.15, 0.2) is 0 Å². The van der Waals surface area contributed by atoms with Gasteiger partial charge in [0.2, 0.25) is 5.91 Å². The molecule has 2 N–H and O–H groups in total. The van der Waals surface area contributed by atoms with Gasteiger partial charge >= 0.3 is 5.97 Å². The first-order valence-corrected chi connectivity index (χ1v) is 7.00. The molecule has 0 heterocycles. The summed E-state index contributed by atoms with van der Waals surface area (Å²) in [6, 6.07) is 6.25. The van der Waals surface area contributed by atoms with Gasteiger partial charge in [-0.25, -0.2) is 4.79 Å². The van der Waals surface area contributed by atoms with Gasteiger partial charge in [0, 0.05) is 5.69 Å². The third-order valence-corrected chi connectivity index (χ3v) is 3.31. The Morgan fingerprint density at radius 1 is 1.39 bits per heavy atom. The summed E-state index contributed by atoms with van der Waals surface area (Å²) in [7, 11) is 0. The second kappa shape index (κ2) is 7.76. The van der Waals surface area contributed by atoms with Crippen LogP contribution in [0, 0.1) is 0 Å². The minimum Gasteiger partial charge on any atom is -0.478 e. The van der Waals surface area contributed by atoms with Gasteiger partial charge < -0.3 is 10.4 Å². The Labute approximate surface area is 111 Å². The lowest BCUT2D eigenvalue weighted by molar-refractivity contribution is -0.113. The van der Waals surface area contributed by atoms with Gasteiger partial charge in [-0.05, 0) is 30.4 Å². The minimum absolute atomic E-state index is 0.0985. The molecular weight excluding hydrogens is 250 g/mol. The Hall–Kier alpha value is -1.49. The number of carbonyl (C=O) groups is 2. The number of aromatic carboxylic acids is 1. The molecule has 98 valence electrons. The average molecular weight is 267 g/mol. The number of nitrogens with one attached hydrogen (secondary N) is 1. The Kier molecular flexibility index (Phi) is 6.28. The second-order valence-electron chi connectivity index (χ2n) is 3.84. The predicted molar refractivity (Wildman–Crippen MR) is 74.3 cm³/mol. The van der Waals surface area contributed by atoms with Crippen molar-refractivity contribution in [3.63, 3.8) is 0 Å². The highest BCUT2D eigenvalue weighted by atomic mass is 32.2. The summed E-state index contributed by atoms with van der Waals surface area (Å²) in [6.45, 7) is 2.11. The van der Waals surface area contributed by atoms with Gasteiger partial charge in [0.05, 0.1) is 11.3 Å². The number of anilines is 1. The lowest BCUT2D eigenvalue weighted by Gasteiger charge is -2.05. The lowest BCUT2D eigenvalue weighted by Crippen LogP contribution is -2.14. The van der Waals surface area contributed by atoms with E-state index in [1.807, 2.05) is 0 Å². The molecule has 0 bridgehead atoms. The molecule has 18 heavy (non-hydrogen) atoms. The van der Waals surface area contributed by atoms with E-state index in [1.54, 1.807) is 23.9 Å². The molecule has 0 aliphatic rings. The molecule has 0 aliphatic heterocycles. The maximum atomic E-state index is 11.6. The number of rotatable bonds is 7. The summed E-state index contributed by atoms with van der Waals surface area (Å²) in [5, 5.41) is 11.5. The molecule has 0 fully saturated rings. The van der Waals surface area contributed by atoms with Crippen LogP contribution in [-0.4, -0.2) is 28.5 Å². The molecule has 0 unspecified atom stereocenters. The number of carboxylic acid groups (broad SMARTS) is 1. The number of benzene rings is 1. The van der Waals surface area contributed by atoms with Crippen LogP contribution in [0.1, 0.15) is 30.1 Å². The number of unbranched alkanes of at least 4 members (excludes halogenated alkanes) is 1. The average Bonchev–Trinajstić information content (AvgIpc) is 2.35. The Bertz CT molecular complexity index is 420. The molecule has 4 nitrogen and oxygen atoms in total. The standard InChI is InChI=1S/C13H17NO3S/c1-2-3-7-18-9-12(15)14-11-6-4-5-10(8-11)13(16)17/h4-6,8H,2-3,7,9H2,1H3,(H,14,15)(H,16,17). The summed E-state index contributed by atoms with van der Waals surface area (Å²) in [4.78, 5) is 22.3. The smallest absolute Gasteiger partial charge is 0.335 e. The van der Waals surface area contributed by atoms with Crippen molar-refractivity contribution in [3.8, 4) is 0 Å². The quantitative estimate of drug-likeness (QED) is 0.745. The molecule has 1 aromatic rings. The Balaban J connectivity index is 2.44. The van der Waals surface area contributed by atoms with Gasteiger partial charge in [-0.2, -0.15) is 11.8 Å². The fourth-order valence-corrected chi connectivity index (χ4v) is 2.23. The van der Waals surface area contributed by atoms with Crippen LogP contribution in [-0.2, 0) is 4.79 Å². The van der Waals surface area contributed by atoms with Crippen molar-refractivity contribution in [2.45, 2.75) is 19.8 Å². The molecule has 0 atom stereocenters. The molecule has 0 saturated heterocycles. The van der Waals surface area contributed by atoms with Crippen LogP contribution in [0.5, 0.6) is 0 Å². The highest BCUT2D eigenvalue weighted by molar-refractivity contribution is 7.99. The lowest BCUT2D eigenvalue weighted by atomic mass is 10.2. The summed E-state index contributed by atoms with van der Waals surface area (Å²) >= 11 is 1.59. The zero-order valence-corrected chi connectivity index (χ0v) is 11.1. The fourth-order valence-electron chi connectivity index (χ4n) is 1.34. The van der Waals surface area contributed by atoms with Crippen molar-refractivity contribution in [2.75, 3.05) is 16.8 Å². The van der Waals surface area contributed by atoms with E-state index in [2.05, 4.69) is 12.2 Å². The number of carboxylic acids is 1. The van der Waals surface area contributed by atoms with Crippen molar-refractivity contribution in [1.29, 1.82) is 0 Å². The molecule has 0 aliphatic carbocycles. The van der Waals surface area contributed by atoms with Crippen LogP contribution >= 0.6 is 11.8 Å². The third kappa shape index (κ3) is 5.23. The highest BCUT2D eigenvalue weighted by Crippen LogP contribution is 2.12. The van der Waals surface area contributed by atoms with Gasteiger partial charge in [0.1, 0.15) is 0 Å². The summed E-state index contributed by atoms with van der Waals surface area (Å²) in [5.74, 6) is 0.276. The van der Waals surface area contributed by atoms with Crippen LogP contribution < -0.4 is 5.32 Å². The Morgan fingerprint density at radius 3 is 2.83 bits per heavy atom. The minimum atomic E-state index is -0.997. The predicted octanol–water partition coefficient (Wildman–Crippen LogP) is 2.86. The first kappa shape index (κ1) is 14.6. The first-order valence-electron chi connectivity index (χ1n) is 5.84. The molecule has 0 saturated carbocycles. The maximum absolute atomic E-state index is 11.6. The molecule has 5 heteroatoms. The SMILES string of the molecule is CCCCSCC(=O)Nc1cccc(C(=O)O)c1. The molecule has 1 aromatic carbocycles. The number of carbonyl (C=O) groups excluding carboxylic acids is 1. The van der Waals surface area contributed by atoms with Crippen LogP contribution in [0.4, 0.5) is 5.69 Å². The van der Waals surface area contributed by atoms with Crippen molar-refractivity contribution >= 4 is 29.3 Å². The van der Waals surface area contributed by atoms with Gasteiger partial charge in [-0.15, -0.1) is 0 Å². The fraction of sp³-hybridized carbons (Fsp3) is 0.385. The Morgan fingerprint density at radius 2 is 2.17 bits per heavy atom. The van der Waals surface area contributed by atoms with Crippen LogP contribution in [0.25, 0.3) is 0 Å². The number of hydrogen-bond acceptors (Lipinski definition) is 3. The summed E-state index contributed by atoms with van der Waals surface area (Å²) in [6.07, 6.45) is 2.22. The monoisotopic (exact) mass is 267 g/mol. The molecular formula is C13H17NO3S. The largest absolute Gasteiger partial charge is 0.478 e. The van der Waals surface area contributed by atoms with E-state index in [1.165, 1.54) is 12.1 Å². The normalized spacial score (nSPS) is 10.1. The van der Waals surface area contributed by atoms with E-state index in [9.17, 15) is 9.59 Å². The maximum Gasteiger partial charge on any atom is 0.335 e. The molecule has 1 rings (SSSR count). The van der Waals surface area contributed by atoms with E-state index >= 15 is 0 Å². The topological polar surface area (TPSA) is 66.4 Å². The second-order valence-corrected chi connectivity index (χ2v) is 4.95. The van der Waals surface area contributed by atoms with Gasteiger partial charge in [0.25, 0.3) is 0 Å². The summed E-state index contributed by atoms with van der Waals surface area (Å²) < 4.78 is 0. The zero-order valence-electron chi connectivity index (χ0n) is 10.3. The van der Waals surface area contributed by atoms with Crippen molar-refractivity contribution < 1.29 is 14.7 Å². The van der Waals surface area contributed by atoms with Crippen molar-refractivity contribution in [3.05, 3.63) is 29.8 Å². The van der Waals surface area contributed by atoms with Gasteiger partial charge in [-0.3, -0.25) is 4.79 Å². The van der Waals surface area contributed by atoms with Crippen molar-refractivity contribution in [2.24, 2.45) is 0 Å². The van der Waals surface area contributed by atoms with Crippen LogP contribution in [0.15, 0.2) is 24.3 Å². The summed E-state index contributed by atoms with van der Waals surface area (Å²) in [5.41, 5.74) is 0.697. The van der Waals surface area contributed by atoms with Crippen LogP contribution in [0.2, 0.25) is 0 Å². The highest BCUT2D eigenvalue weighted by Gasteiger charge is 2.06. The van der Waals surface area contributed by atoms with Crippen molar-refractivity contribution in [1.82, 2.24) is 0 Å². The molecule has 0 spiro atoms. The molecule has 1 amide bonds. The zero-order chi connectivity index (χ0) is 13.4. The van der Waals surface area contributed by atoms with E-state index in [0.29, 0.717) is 11.4 Å². The van der Waals surface area contributed by atoms with E-state index < -0.39 is 5.97 Å². The van der Waals surface area contributed by atoms with E-state index in [-0.39, 0.29) is 11.5 Å². The van der Waals surface area contributed by atoms with Gasteiger partial charge in [-0.1, -0.05) is 19.4 Å². The number of hydrogen-bond donors (Lipinski definition) is 2. The molecule has 0 radical (unpaired) electrons. The first-order chi connectivity index (χ1) is 8.63. The van der Waals surface area contributed by atoms with E-state index in [0.717, 1.165) is 18.6 Å². The van der Waals surface area contributed by atoms with E-state index in [4.69, 9.17) is 5.11 Å². The van der Waals surface area contributed by atoms with Crippen LogP contribution in [0.3, 0.4) is 0 Å². The number of thioether (sulfide) groups is 1. The number of amides is 1. The molecule has 0 aromatic heterocycles.